The minimum Gasteiger partial charge on any atom is -0.348 e. The second-order valence-corrected chi connectivity index (χ2v) is 7.66. The molecule has 31 heavy (non-hydrogen) atoms. The van der Waals surface area contributed by atoms with Gasteiger partial charge in [0, 0.05) is 17.0 Å². The Balaban J connectivity index is 1.50. The van der Waals surface area contributed by atoms with Gasteiger partial charge in [-0.2, -0.15) is 13.2 Å². The maximum atomic E-state index is 14.8. The lowest BCUT2D eigenvalue weighted by molar-refractivity contribution is -0.205. The summed E-state index contributed by atoms with van der Waals surface area (Å²) in [5.74, 6) is -0.0202. The smallest absolute Gasteiger partial charge is 0.348 e. The van der Waals surface area contributed by atoms with E-state index in [0.717, 1.165) is 24.1 Å². The molecule has 3 aromatic carbocycles. The van der Waals surface area contributed by atoms with E-state index in [1.807, 2.05) is 0 Å². The van der Waals surface area contributed by atoms with Crippen molar-refractivity contribution in [1.29, 1.82) is 0 Å². The van der Waals surface area contributed by atoms with Crippen molar-refractivity contribution in [3.05, 3.63) is 83.7 Å². The van der Waals surface area contributed by atoms with Crippen LogP contribution < -0.4 is 0 Å². The third-order valence-electron chi connectivity index (χ3n) is 5.55. The van der Waals surface area contributed by atoms with Crippen LogP contribution in [0.25, 0.3) is 22.3 Å². The summed E-state index contributed by atoms with van der Waals surface area (Å²) >= 11 is 0. The molecule has 0 aromatic heterocycles. The first kappa shape index (κ1) is 21.5. The molecule has 0 bridgehead atoms. The predicted octanol–water partition coefficient (Wildman–Crippen LogP) is 7.25. The van der Waals surface area contributed by atoms with Gasteiger partial charge in [-0.1, -0.05) is 55.5 Å². The highest BCUT2D eigenvalue weighted by molar-refractivity contribution is 5.71. The summed E-state index contributed by atoms with van der Waals surface area (Å²) in [6, 6.07) is 16.9. The first-order valence-corrected chi connectivity index (χ1v) is 10.2. The second-order valence-electron chi connectivity index (χ2n) is 7.66. The van der Waals surface area contributed by atoms with Crippen LogP contribution >= 0.6 is 0 Å². The Kier molecular flexibility index (Phi) is 6.12. The van der Waals surface area contributed by atoms with Gasteiger partial charge in [0.25, 0.3) is 0 Å². The molecule has 6 heteroatoms. The molecule has 0 spiro atoms. The molecule has 1 heterocycles. The van der Waals surface area contributed by atoms with Gasteiger partial charge in [0.15, 0.2) is 6.29 Å². The lowest BCUT2D eigenvalue weighted by atomic mass is 9.98. The van der Waals surface area contributed by atoms with Gasteiger partial charge in [-0.3, -0.25) is 0 Å². The Labute approximate surface area is 178 Å². The zero-order valence-corrected chi connectivity index (χ0v) is 17.0. The van der Waals surface area contributed by atoms with Gasteiger partial charge in [0.05, 0.1) is 18.8 Å². The van der Waals surface area contributed by atoms with Gasteiger partial charge in [-0.05, 0) is 41.3 Å². The third-order valence-corrected chi connectivity index (χ3v) is 5.55. The Morgan fingerprint density at radius 3 is 1.87 bits per heavy atom. The zero-order chi connectivity index (χ0) is 22.0. The molecule has 0 N–H and O–H groups in total. The third kappa shape index (κ3) is 4.81. The molecule has 3 aromatic rings. The van der Waals surface area contributed by atoms with Crippen LogP contribution in [0, 0.1) is 11.7 Å². The molecule has 0 amide bonds. The fourth-order valence-corrected chi connectivity index (χ4v) is 3.58. The summed E-state index contributed by atoms with van der Waals surface area (Å²) in [5, 5.41) is 0. The zero-order valence-electron chi connectivity index (χ0n) is 17.0. The van der Waals surface area contributed by atoms with Crippen molar-refractivity contribution in [2.75, 3.05) is 13.2 Å². The van der Waals surface area contributed by atoms with Crippen LogP contribution in [-0.2, 0) is 15.7 Å². The molecule has 0 unspecified atom stereocenters. The standard InChI is InChI=1S/C25H22F4O2/c1-2-16-14-30-24(31-15-16)20-9-12-22(23(26)13-20)19-5-3-17(4-6-19)18-7-10-21(11-8-18)25(27,28)29/h3-13,16,24H,2,14-15H2,1H3. The Bertz CT molecular complexity index is 1020. The minimum atomic E-state index is -4.36. The van der Waals surface area contributed by atoms with E-state index >= 15 is 0 Å². The fourth-order valence-electron chi connectivity index (χ4n) is 3.58. The van der Waals surface area contributed by atoms with Crippen LogP contribution in [0.1, 0.15) is 30.8 Å². The maximum absolute atomic E-state index is 14.8. The van der Waals surface area contributed by atoms with Gasteiger partial charge in [0.2, 0.25) is 0 Å². The lowest BCUT2D eigenvalue weighted by Gasteiger charge is -2.29. The molecular weight excluding hydrogens is 408 g/mol. The summed E-state index contributed by atoms with van der Waals surface area (Å²) in [5.41, 5.74) is 2.47. The molecule has 162 valence electrons. The summed E-state index contributed by atoms with van der Waals surface area (Å²) in [4.78, 5) is 0. The summed E-state index contributed by atoms with van der Waals surface area (Å²) < 4.78 is 64.4. The van der Waals surface area contributed by atoms with Gasteiger partial charge < -0.3 is 9.47 Å². The highest BCUT2D eigenvalue weighted by Gasteiger charge is 2.30. The topological polar surface area (TPSA) is 18.5 Å². The average molecular weight is 430 g/mol. The van der Waals surface area contributed by atoms with Gasteiger partial charge >= 0.3 is 6.18 Å². The molecule has 1 saturated heterocycles. The number of halogens is 4. The van der Waals surface area contributed by atoms with Crippen molar-refractivity contribution < 1.29 is 27.0 Å². The van der Waals surface area contributed by atoms with Crippen molar-refractivity contribution in [3.8, 4) is 22.3 Å². The van der Waals surface area contributed by atoms with Crippen LogP contribution in [0.3, 0.4) is 0 Å². The molecule has 2 nitrogen and oxygen atoms in total. The van der Waals surface area contributed by atoms with E-state index in [2.05, 4.69) is 6.92 Å². The minimum absolute atomic E-state index is 0.364. The number of hydrogen-bond acceptors (Lipinski definition) is 2. The van der Waals surface area contributed by atoms with Crippen molar-refractivity contribution in [3.63, 3.8) is 0 Å². The molecule has 0 aliphatic carbocycles. The van der Waals surface area contributed by atoms with Gasteiger partial charge in [0.1, 0.15) is 5.82 Å². The van der Waals surface area contributed by atoms with E-state index in [4.69, 9.17) is 9.47 Å². The summed E-state index contributed by atoms with van der Waals surface area (Å²) in [6.45, 7) is 3.26. The average Bonchev–Trinajstić information content (AvgIpc) is 2.79. The van der Waals surface area contributed by atoms with E-state index in [0.29, 0.717) is 41.4 Å². The molecule has 0 saturated carbocycles. The maximum Gasteiger partial charge on any atom is 0.416 e. The molecular formula is C25H22F4O2. The molecule has 0 atom stereocenters. The highest BCUT2D eigenvalue weighted by atomic mass is 19.4. The lowest BCUT2D eigenvalue weighted by Crippen LogP contribution is -2.26. The first-order valence-electron chi connectivity index (χ1n) is 10.2. The van der Waals surface area contributed by atoms with Crippen molar-refractivity contribution in [2.45, 2.75) is 25.8 Å². The SMILES string of the molecule is CCC1COC(c2ccc(-c3ccc(-c4ccc(C(F)(F)F)cc4)cc3)c(F)c2)OC1. The van der Waals surface area contributed by atoms with Crippen LogP contribution in [0.2, 0.25) is 0 Å². The number of benzene rings is 3. The molecule has 1 aliphatic heterocycles. The van der Waals surface area contributed by atoms with E-state index in [1.54, 1.807) is 36.4 Å². The largest absolute Gasteiger partial charge is 0.416 e. The molecule has 0 radical (unpaired) electrons. The van der Waals surface area contributed by atoms with E-state index < -0.39 is 18.0 Å². The Morgan fingerprint density at radius 1 is 0.806 bits per heavy atom. The van der Waals surface area contributed by atoms with Crippen molar-refractivity contribution in [2.24, 2.45) is 5.92 Å². The Hall–Kier alpha value is -2.70. The van der Waals surface area contributed by atoms with E-state index in [1.165, 1.54) is 18.2 Å². The van der Waals surface area contributed by atoms with Crippen LogP contribution in [0.5, 0.6) is 0 Å². The van der Waals surface area contributed by atoms with E-state index in [9.17, 15) is 17.6 Å². The van der Waals surface area contributed by atoms with Crippen molar-refractivity contribution in [1.82, 2.24) is 0 Å². The van der Waals surface area contributed by atoms with Gasteiger partial charge in [-0.15, -0.1) is 0 Å². The predicted molar refractivity (Wildman–Crippen MR) is 111 cm³/mol. The number of rotatable bonds is 4. The second kappa shape index (κ2) is 8.81. The van der Waals surface area contributed by atoms with Crippen LogP contribution in [0.15, 0.2) is 66.7 Å². The van der Waals surface area contributed by atoms with E-state index in [-0.39, 0.29) is 5.82 Å². The Morgan fingerprint density at radius 2 is 1.35 bits per heavy atom. The number of hydrogen-bond donors (Lipinski definition) is 0. The number of ether oxygens (including phenoxy) is 2. The summed E-state index contributed by atoms with van der Waals surface area (Å²) in [6.07, 6.45) is -3.95. The van der Waals surface area contributed by atoms with Crippen molar-refractivity contribution >= 4 is 0 Å². The molecule has 1 fully saturated rings. The van der Waals surface area contributed by atoms with Gasteiger partial charge in [-0.25, -0.2) is 4.39 Å². The van der Waals surface area contributed by atoms with Crippen LogP contribution in [0.4, 0.5) is 17.6 Å². The summed E-state index contributed by atoms with van der Waals surface area (Å²) in [7, 11) is 0. The molecule has 1 aliphatic rings. The fraction of sp³-hybridized carbons (Fsp3) is 0.280. The molecule has 4 rings (SSSR count). The van der Waals surface area contributed by atoms with Crippen LogP contribution in [-0.4, -0.2) is 13.2 Å². The monoisotopic (exact) mass is 430 g/mol. The highest BCUT2D eigenvalue weighted by Crippen LogP contribution is 2.33. The first-order chi connectivity index (χ1) is 14.8. The number of alkyl halides is 3. The quantitative estimate of drug-likeness (QED) is 0.406. The normalized spacial score (nSPS) is 19.4.